The Morgan fingerprint density at radius 2 is 2.33 bits per heavy atom. The topological polar surface area (TPSA) is 76.9 Å². The van der Waals surface area contributed by atoms with Crippen molar-refractivity contribution in [2.75, 3.05) is 6.54 Å². The summed E-state index contributed by atoms with van der Waals surface area (Å²) in [7, 11) is 0. The lowest BCUT2D eigenvalue weighted by atomic mass is 9.71. The smallest absolute Gasteiger partial charge is 0.172 e. The number of hydrogen-bond acceptors (Lipinski definition) is 5. The first kappa shape index (κ1) is 16.5. The molecule has 24 heavy (non-hydrogen) atoms. The van der Waals surface area contributed by atoms with E-state index in [1.54, 1.807) is 11.0 Å². The molecule has 0 bridgehead atoms. The first-order valence-electron chi connectivity index (χ1n) is 8.23. The van der Waals surface area contributed by atoms with Crippen LogP contribution in [0.3, 0.4) is 0 Å². The molecule has 6 heteroatoms. The lowest BCUT2D eigenvalue weighted by Gasteiger charge is -2.38. The van der Waals surface area contributed by atoms with Gasteiger partial charge in [-0.1, -0.05) is 11.6 Å². The second-order valence-electron chi connectivity index (χ2n) is 6.66. The van der Waals surface area contributed by atoms with Crippen LogP contribution in [-0.2, 0) is 4.79 Å². The van der Waals surface area contributed by atoms with Gasteiger partial charge in [0.2, 0.25) is 0 Å². The van der Waals surface area contributed by atoms with Crippen LogP contribution in [-0.4, -0.2) is 39.4 Å². The monoisotopic (exact) mass is 326 g/mol. The molecule has 2 atom stereocenters. The SMILES string of the molecule is Cc1ccc(-n2cncn2)c(C(=O)[C@]2(CC=O)CC[C@H](C)NC2)c1. The molecule has 0 unspecified atom stereocenters. The van der Waals surface area contributed by atoms with E-state index in [1.165, 1.54) is 6.33 Å². The van der Waals surface area contributed by atoms with Gasteiger partial charge in [-0.3, -0.25) is 4.79 Å². The Hall–Kier alpha value is -2.34. The van der Waals surface area contributed by atoms with Crippen LogP contribution in [0.15, 0.2) is 30.9 Å². The molecule has 2 heterocycles. The van der Waals surface area contributed by atoms with Crippen molar-refractivity contribution in [2.24, 2.45) is 5.41 Å². The average molecular weight is 326 g/mol. The minimum Gasteiger partial charge on any atom is -0.313 e. The highest BCUT2D eigenvalue weighted by molar-refractivity contribution is 6.04. The van der Waals surface area contributed by atoms with Crippen molar-refractivity contribution in [3.05, 3.63) is 42.0 Å². The highest BCUT2D eigenvalue weighted by Gasteiger charge is 2.42. The molecule has 0 spiro atoms. The number of rotatable bonds is 5. The molecule has 0 aliphatic carbocycles. The van der Waals surface area contributed by atoms with Gasteiger partial charge in [0.05, 0.1) is 11.1 Å². The third-order valence-electron chi connectivity index (χ3n) is 4.86. The first-order valence-corrected chi connectivity index (χ1v) is 8.23. The van der Waals surface area contributed by atoms with E-state index in [0.717, 1.165) is 18.3 Å². The summed E-state index contributed by atoms with van der Waals surface area (Å²) in [5, 5.41) is 7.52. The number of Topliss-reactive ketones (excluding diaryl/α,β-unsaturated/α-hetero) is 1. The van der Waals surface area contributed by atoms with Crippen molar-refractivity contribution in [1.29, 1.82) is 0 Å². The summed E-state index contributed by atoms with van der Waals surface area (Å²) in [6.45, 7) is 4.58. The molecule has 2 aromatic rings. The fourth-order valence-corrected chi connectivity index (χ4v) is 3.32. The van der Waals surface area contributed by atoms with Gasteiger partial charge in [-0.2, -0.15) is 5.10 Å². The van der Waals surface area contributed by atoms with E-state index in [2.05, 4.69) is 22.3 Å². The van der Waals surface area contributed by atoms with Gasteiger partial charge in [0.25, 0.3) is 0 Å². The zero-order chi connectivity index (χ0) is 17.2. The Bertz CT molecular complexity index is 731. The van der Waals surface area contributed by atoms with E-state index in [9.17, 15) is 9.59 Å². The molecule has 3 rings (SSSR count). The van der Waals surface area contributed by atoms with Crippen LogP contribution in [0.2, 0.25) is 0 Å². The average Bonchev–Trinajstić information content (AvgIpc) is 3.11. The summed E-state index contributed by atoms with van der Waals surface area (Å²) in [5.41, 5.74) is 1.61. The summed E-state index contributed by atoms with van der Waals surface area (Å²) in [6, 6.07) is 6.07. The highest BCUT2D eigenvalue weighted by Crippen LogP contribution is 2.36. The normalized spacial score (nSPS) is 23.8. The van der Waals surface area contributed by atoms with Crippen LogP contribution in [0.25, 0.3) is 5.69 Å². The Labute approximate surface area is 141 Å². The summed E-state index contributed by atoms with van der Waals surface area (Å²) in [4.78, 5) is 28.7. The van der Waals surface area contributed by atoms with E-state index < -0.39 is 5.41 Å². The summed E-state index contributed by atoms with van der Waals surface area (Å²) in [5.74, 6) is 0.00296. The third kappa shape index (κ3) is 3.01. The lowest BCUT2D eigenvalue weighted by molar-refractivity contribution is -0.109. The predicted molar refractivity (Wildman–Crippen MR) is 90.2 cm³/mol. The molecule has 1 fully saturated rings. The van der Waals surface area contributed by atoms with Gasteiger partial charge >= 0.3 is 0 Å². The molecular weight excluding hydrogens is 304 g/mol. The van der Waals surface area contributed by atoms with Crippen molar-refractivity contribution in [2.45, 2.75) is 39.2 Å². The number of aryl methyl sites for hydroxylation is 1. The number of carbonyl (C=O) groups is 2. The van der Waals surface area contributed by atoms with Crippen LogP contribution in [0.1, 0.15) is 42.1 Å². The van der Waals surface area contributed by atoms with E-state index in [4.69, 9.17) is 0 Å². The molecule has 0 amide bonds. The number of nitrogens with one attached hydrogen (secondary N) is 1. The molecular formula is C18H22N4O2. The Morgan fingerprint density at radius 1 is 1.50 bits per heavy atom. The highest BCUT2D eigenvalue weighted by atomic mass is 16.1. The van der Waals surface area contributed by atoms with E-state index >= 15 is 0 Å². The van der Waals surface area contributed by atoms with E-state index in [0.29, 0.717) is 30.3 Å². The quantitative estimate of drug-likeness (QED) is 0.672. The Kier molecular flexibility index (Phi) is 4.57. The molecule has 1 N–H and O–H groups in total. The number of piperidine rings is 1. The molecule has 1 aliphatic heterocycles. The Balaban J connectivity index is 2.05. The second kappa shape index (κ2) is 6.65. The Morgan fingerprint density at radius 3 is 2.96 bits per heavy atom. The number of aromatic nitrogens is 3. The third-order valence-corrected chi connectivity index (χ3v) is 4.86. The molecule has 126 valence electrons. The van der Waals surface area contributed by atoms with Gasteiger partial charge in [-0.05, 0) is 38.8 Å². The van der Waals surface area contributed by atoms with Crippen molar-refractivity contribution < 1.29 is 9.59 Å². The number of benzene rings is 1. The van der Waals surface area contributed by atoms with Crippen molar-refractivity contribution in [1.82, 2.24) is 20.1 Å². The van der Waals surface area contributed by atoms with Crippen LogP contribution in [0.4, 0.5) is 0 Å². The van der Waals surface area contributed by atoms with Crippen molar-refractivity contribution in [3.8, 4) is 5.69 Å². The van der Waals surface area contributed by atoms with Gasteiger partial charge < -0.3 is 10.1 Å². The van der Waals surface area contributed by atoms with Gasteiger partial charge in [0.15, 0.2) is 5.78 Å². The fraction of sp³-hybridized carbons (Fsp3) is 0.444. The summed E-state index contributed by atoms with van der Waals surface area (Å²) in [6.07, 6.45) is 5.71. The minimum atomic E-state index is -0.683. The maximum Gasteiger partial charge on any atom is 0.172 e. The fourth-order valence-electron chi connectivity index (χ4n) is 3.32. The number of hydrogen-bond donors (Lipinski definition) is 1. The summed E-state index contributed by atoms with van der Waals surface area (Å²) >= 11 is 0. The first-order chi connectivity index (χ1) is 11.6. The molecule has 0 radical (unpaired) electrons. The van der Waals surface area contributed by atoms with Crippen LogP contribution >= 0.6 is 0 Å². The van der Waals surface area contributed by atoms with Gasteiger partial charge in [-0.25, -0.2) is 9.67 Å². The zero-order valence-electron chi connectivity index (χ0n) is 14.0. The van der Waals surface area contributed by atoms with Crippen LogP contribution in [0, 0.1) is 12.3 Å². The molecule has 1 aliphatic rings. The van der Waals surface area contributed by atoms with E-state index in [1.807, 2.05) is 25.1 Å². The zero-order valence-corrected chi connectivity index (χ0v) is 14.0. The molecule has 0 saturated carbocycles. The van der Waals surface area contributed by atoms with Crippen molar-refractivity contribution in [3.63, 3.8) is 0 Å². The van der Waals surface area contributed by atoms with Crippen LogP contribution < -0.4 is 5.32 Å². The van der Waals surface area contributed by atoms with Crippen LogP contribution in [0.5, 0.6) is 0 Å². The van der Waals surface area contributed by atoms with Gasteiger partial charge in [0, 0.05) is 24.6 Å². The predicted octanol–water partition coefficient (Wildman–Crippen LogP) is 2.11. The maximum atomic E-state index is 13.4. The lowest BCUT2D eigenvalue weighted by Crippen LogP contribution is -2.49. The van der Waals surface area contributed by atoms with Gasteiger partial charge in [0.1, 0.15) is 18.9 Å². The number of carbonyl (C=O) groups excluding carboxylic acids is 2. The molecule has 1 saturated heterocycles. The molecule has 6 nitrogen and oxygen atoms in total. The molecule has 1 aromatic carbocycles. The number of nitrogens with zero attached hydrogens (tertiary/aromatic N) is 3. The second-order valence-corrected chi connectivity index (χ2v) is 6.66. The largest absolute Gasteiger partial charge is 0.313 e. The van der Waals surface area contributed by atoms with E-state index in [-0.39, 0.29) is 12.2 Å². The molecule has 1 aromatic heterocycles. The maximum absolute atomic E-state index is 13.4. The standard InChI is InChI=1S/C18H22N4O2/c1-13-3-4-16(22-12-19-11-21-22)15(9-13)17(24)18(7-8-23)6-5-14(2)20-10-18/h3-4,8-9,11-12,14,20H,5-7,10H2,1-2H3/t14-,18-/m0/s1. The number of ketones is 1. The number of aldehydes is 1. The minimum absolute atomic E-state index is 0.00296. The summed E-state index contributed by atoms with van der Waals surface area (Å²) < 4.78 is 1.60. The van der Waals surface area contributed by atoms with Crippen molar-refractivity contribution >= 4 is 12.1 Å². The van der Waals surface area contributed by atoms with Gasteiger partial charge in [-0.15, -0.1) is 0 Å².